The van der Waals surface area contributed by atoms with Gasteiger partial charge in [0.1, 0.15) is 5.60 Å². The molecule has 0 heterocycles. The minimum atomic E-state index is -0.504. The topological polar surface area (TPSA) is 61.8 Å². The molecule has 132 valence electrons. The van der Waals surface area contributed by atoms with Gasteiger partial charge in [-0.1, -0.05) is 13.8 Å². The van der Waals surface area contributed by atoms with Gasteiger partial charge in [-0.25, -0.2) is 4.79 Å². The number of carbonyl (C=O) groups excluding carboxylic acids is 1. The van der Waals surface area contributed by atoms with Gasteiger partial charge in [-0.3, -0.25) is 0 Å². The SMILES string of the molecule is CCC(CC)(CO)NCCN(C(=O)OC(C)(C)C)C(C)(C)C. The Labute approximate surface area is 136 Å². The molecule has 0 aliphatic heterocycles. The number of nitrogens with one attached hydrogen (secondary N) is 1. The number of hydrogen-bond acceptors (Lipinski definition) is 4. The fraction of sp³-hybridized carbons (Fsp3) is 0.941. The smallest absolute Gasteiger partial charge is 0.410 e. The van der Waals surface area contributed by atoms with E-state index in [1.54, 1.807) is 4.90 Å². The molecule has 0 saturated heterocycles. The van der Waals surface area contributed by atoms with Gasteiger partial charge in [-0.15, -0.1) is 0 Å². The summed E-state index contributed by atoms with van der Waals surface area (Å²) in [6.45, 7) is 17.0. The molecule has 0 spiro atoms. The first kappa shape index (κ1) is 21.2. The second kappa shape index (κ2) is 8.16. The van der Waals surface area contributed by atoms with Crippen LogP contribution in [0.5, 0.6) is 0 Å². The number of aliphatic hydroxyl groups is 1. The third-order valence-electron chi connectivity index (χ3n) is 3.92. The molecule has 1 amide bonds. The van der Waals surface area contributed by atoms with Gasteiger partial charge in [-0.2, -0.15) is 0 Å². The highest BCUT2D eigenvalue weighted by Gasteiger charge is 2.31. The molecule has 0 fully saturated rings. The van der Waals surface area contributed by atoms with E-state index >= 15 is 0 Å². The maximum Gasteiger partial charge on any atom is 0.410 e. The molecule has 0 rings (SSSR count). The number of nitrogens with zero attached hydrogens (tertiary/aromatic N) is 1. The Morgan fingerprint density at radius 3 is 1.91 bits per heavy atom. The highest BCUT2D eigenvalue weighted by atomic mass is 16.6. The molecule has 0 saturated carbocycles. The Balaban J connectivity index is 4.80. The molecule has 0 aromatic rings. The maximum atomic E-state index is 12.4. The van der Waals surface area contributed by atoms with Crippen LogP contribution in [0.1, 0.15) is 68.2 Å². The number of ether oxygens (including phenoxy) is 1. The van der Waals surface area contributed by atoms with E-state index in [1.165, 1.54) is 0 Å². The molecule has 5 nitrogen and oxygen atoms in total. The Morgan fingerprint density at radius 1 is 1.09 bits per heavy atom. The minimum absolute atomic E-state index is 0.0992. The first-order valence-corrected chi connectivity index (χ1v) is 8.27. The van der Waals surface area contributed by atoms with Crippen molar-refractivity contribution in [3.63, 3.8) is 0 Å². The van der Waals surface area contributed by atoms with Crippen LogP contribution in [0.15, 0.2) is 0 Å². The predicted molar refractivity (Wildman–Crippen MR) is 91.1 cm³/mol. The third-order valence-corrected chi connectivity index (χ3v) is 3.92. The fourth-order valence-electron chi connectivity index (χ4n) is 2.23. The normalized spacial score (nSPS) is 13.1. The molecule has 0 bridgehead atoms. The molecule has 0 radical (unpaired) electrons. The fourth-order valence-corrected chi connectivity index (χ4v) is 2.23. The average Bonchev–Trinajstić information content (AvgIpc) is 2.36. The van der Waals surface area contributed by atoms with Crippen LogP contribution in [0, 0.1) is 0 Å². The number of rotatable bonds is 7. The van der Waals surface area contributed by atoms with E-state index in [4.69, 9.17) is 4.74 Å². The van der Waals surface area contributed by atoms with E-state index in [9.17, 15) is 9.90 Å². The van der Waals surface area contributed by atoms with Crippen LogP contribution in [0.2, 0.25) is 0 Å². The monoisotopic (exact) mass is 316 g/mol. The molecule has 5 heteroatoms. The van der Waals surface area contributed by atoms with E-state index in [2.05, 4.69) is 19.2 Å². The first-order chi connectivity index (χ1) is 9.90. The van der Waals surface area contributed by atoms with E-state index in [0.717, 1.165) is 12.8 Å². The van der Waals surface area contributed by atoms with Crippen LogP contribution in [0.4, 0.5) is 4.79 Å². The molecule has 0 aromatic carbocycles. The summed E-state index contributed by atoms with van der Waals surface area (Å²) >= 11 is 0. The van der Waals surface area contributed by atoms with E-state index in [1.807, 2.05) is 41.5 Å². The first-order valence-electron chi connectivity index (χ1n) is 8.27. The maximum absolute atomic E-state index is 12.4. The molecule has 0 aliphatic carbocycles. The van der Waals surface area contributed by atoms with Crippen LogP contribution in [0.25, 0.3) is 0 Å². The van der Waals surface area contributed by atoms with Crippen LogP contribution in [-0.2, 0) is 4.74 Å². The van der Waals surface area contributed by atoms with Crippen LogP contribution >= 0.6 is 0 Å². The van der Waals surface area contributed by atoms with Crippen molar-refractivity contribution in [3.05, 3.63) is 0 Å². The number of hydrogen-bond donors (Lipinski definition) is 2. The summed E-state index contributed by atoms with van der Waals surface area (Å²) in [5, 5.41) is 13.0. The highest BCUT2D eigenvalue weighted by Crippen LogP contribution is 2.19. The van der Waals surface area contributed by atoms with Crippen molar-refractivity contribution in [2.24, 2.45) is 0 Å². The van der Waals surface area contributed by atoms with Gasteiger partial charge >= 0.3 is 6.09 Å². The zero-order valence-electron chi connectivity index (χ0n) is 15.7. The number of aliphatic hydroxyl groups excluding tert-OH is 1. The summed E-state index contributed by atoms with van der Waals surface area (Å²) in [5.41, 5.74) is -1.09. The van der Waals surface area contributed by atoms with Gasteiger partial charge < -0.3 is 20.1 Å². The van der Waals surface area contributed by atoms with Gasteiger partial charge in [0.25, 0.3) is 0 Å². The molecule has 2 N–H and O–H groups in total. The summed E-state index contributed by atoms with van der Waals surface area (Å²) in [6, 6.07) is 0. The summed E-state index contributed by atoms with van der Waals surface area (Å²) < 4.78 is 5.50. The average molecular weight is 316 g/mol. The van der Waals surface area contributed by atoms with Crippen molar-refractivity contribution in [2.45, 2.75) is 84.9 Å². The highest BCUT2D eigenvalue weighted by molar-refractivity contribution is 5.69. The van der Waals surface area contributed by atoms with Gasteiger partial charge in [0.2, 0.25) is 0 Å². The van der Waals surface area contributed by atoms with Crippen LogP contribution in [0.3, 0.4) is 0 Å². The van der Waals surface area contributed by atoms with Crippen LogP contribution < -0.4 is 5.32 Å². The lowest BCUT2D eigenvalue weighted by Gasteiger charge is -2.38. The van der Waals surface area contributed by atoms with Crippen LogP contribution in [-0.4, -0.2) is 52.5 Å². The Kier molecular flexibility index (Phi) is 7.86. The van der Waals surface area contributed by atoms with Gasteiger partial charge in [0.05, 0.1) is 6.61 Å². The molecular formula is C17H36N2O3. The second-order valence-corrected chi connectivity index (χ2v) is 7.88. The largest absolute Gasteiger partial charge is 0.444 e. The van der Waals surface area contributed by atoms with Crippen molar-refractivity contribution >= 4 is 6.09 Å². The Morgan fingerprint density at radius 2 is 1.59 bits per heavy atom. The van der Waals surface area contributed by atoms with Crippen molar-refractivity contribution in [2.75, 3.05) is 19.7 Å². The van der Waals surface area contributed by atoms with Crippen molar-refractivity contribution in [3.8, 4) is 0 Å². The summed E-state index contributed by atoms with van der Waals surface area (Å²) in [4.78, 5) is 14.1. The lowest BCUT2D eigenvalue weighted by atomic mass is 9.94. The summed E-state index contributed by atoms with van der Waals surface area (Å²) in [5.74, 6) is 0. The standard InChI is InChI=1S/C17H36N2O3/c1-9-17(10-2,13-20)18-11-12-19(15(3,4)5)14(21)22-16(6,7)8/h18,20H,9-13H2,1-8H3. The predicted octanol–water partition coefficient (Wildman–Crippen LogP) is 3.16. The Hall–Kier alpha value is -0.810. The minimum Gasteiger partial charge on any atom is -0.444 e. The third kappa shape index (κ3) is 6.97. The molecule has 0 aliphatic rings. The molecule has 0 atom stereocenters. The van der Waals surface area contributed by atoms with Crippen molar-refractivity contribution in [1.29, 1.82) is 0 Å². The number of carbonyl (C=O) groups is 1. The lowest BCUT2D eigenvalue weighted by Crippen LogP contribution is -2.54. The van der Waals surface area contributed by atoms with Crippen molar-refractivity contribution < 1.29 is 14.6 Å². The summed E-state index contributed by atoms with van der Waals surface area (Å²) in [6.07, 6.45) is 1.40. The quantitative estimate of drug-likeness (QED) is 0.757. The van der Waals surface area contributed by atoms with Gasteiger partial charge in [0.15, 0.2) is 0 Å². The van der Waals surface area contributed by atoms with Gasteiger partial charge in [-0.05, 0) is 54.4 Å². The lowest BCUT2D eigenvalue weighted by molar-refractivity contribution is 0.00565. The van der Waals surface area contributed by atoms with Crippen molar-refractivity contribution in [1.82, 2.24) is 10.2 Å². The molecule has 0 unspecified atom stereocenters. The molecule has 22 heavy (non-hydrogen) atoms. The Bertz CT molecular complexity index is 331. The van der Waals surface area contributed by atoms with Gasteiger partial charge in [0, 0.05) is 24.2 Å². The van der Waals surface area contributed by atoms with E-state index < -0.39 is 5.60 Å². The molecule has 0 aromatic heterocycles. The second-order valence-electron chi connectivity index (χ2n) is 7.88. The van der Waals surface area contributed by atoms with E-state index in [-0.39, 0.29) is 23.8 Å². The molecular weight excluding hydrogens is 280 g/mol. The zero-order chi connectivity index (χ0) is 17.6. The summed E-state index contributed by atoms with van der Waals surface area (Å²) in [7, 11) is 0. The zero-order valence-corrected chi connectivity index (χ0v) is 15.7. The number of amides is 1. The van der Waals surface area contributed by atoms with E-state index in [0.29, 0.717) is 13.1 Å².